The van der Waals surface area contributed by atoms with E-state index in [1.54, 1.807) is 12.2 Å². The van der Waals surface area contributed by atoms with Gasteiger partial charge in [0, 0.05) is 51.4 Å². The monoisotopic (exact) mass is 321 g/mol. The number of nitrogens with one attached hydrogen (secondary N) is 1. The van der Waals surface area contributed by atoms with Crippen molar-refractivity contribution in [3.63, 3.8) is 0 Å². The second-order valence-electron chi connectivity index (χ2n) is 5.76. The molecule has 0 spiro atoms. The van der Waals surface area contributed by atoms with Crippen LogP contribution >= 0.6 is 0 Å². The summed E-state index contributed by atoms with van der Waals surface area (Å²) in [5.74, 6) is -0.784. The summed E-state index contributed by atoms with van der Waals surface area (Å²) in [5.41, 5.74) is 0.396. The molecule has 23 heavy (non-hydrogen) atoms. The van der Waals surface area contributed by atoms with Gasteiger partial charge < -0.3 is 5.32 Å². The highest BCUT2D eigenvalue weighted by Gasteiger charge is 2.25. The Hall–Kier alpha value is -1.56. The molecular weight excluding hydrogens is 296 g/mol. The number of rotatable bonds is 8. The maximum absolute atomic E-state index is 14.3. The first-order valence-corrected chi connectivity index (χ1v) is 7.99. The Bertz CT molecular complexity index is 517. The molecule has 0 saturated carbocycles. The molecule has 0 aliphatic carbocycles. The highest BCUT2D eigenvalue weighted by atomic mass is 19.1. The lowest BCUT2D eigenvalue weighted by atomic mass is 10.0. The summed E-state index contributed by atoms with van der Waals surface area (Å²) in [6, 6.07) is 3.43. The minimum atomic E-state index is -0.413. The van der Waals surface area contributed by atoms with Crippen LogP contribution in [0.1, 0.15) is 11.6 Å². The second-order valence-corrected chi connectivity index (χ2v) is 5.76. The fourth-order valence-corrected chi connectivity index (χ4v) is 2.98. The van der Waals surface area contributed by atoms with Gasteiger partial charge in [-0.3, -0.25) is 9.80 Å². The molecule has 1 aliphatic rings. The van der Waals surface area contributed by atoms with Gasteiger partial charge in [0.05, 0.1) is 6.04 Å². The van der Waals surface area contributed by atoms with Crippen molar-refractivity contribution in [1.82, 2.24) is 15.1 Å². The molecule has 2 rings (SSSR count). The van der Waals surface area contributed by atoms with Crippen molar-refractivity contribution in [1.29, 1.82) is 0 Å². The normalized spacial score (nSPS) is 17.2. The first-order chi connectivity index (χ1) is 11.2. The molecule has 0 aromatic heterocycles. The molecule has 1 fully saturated rings. The molecule has 1 aliphatic heterocycles. The van der Waals surface area contributed by atoms with E-state index in [1.807, 2.05) is 0 Å². The standard InChI is InChI=1S/C18H25F2N3/c1-3-9-23(10-4-2)18(14-22-11-7-21-8-12-22)16-13-15(19)5-6-17(16)20/h3-6,13,18,21H,1-2,7-12,14H2. The summed E-state index contributed by atoms with van der Waals surface area (Å²) < 4.78 is 28.0. The highest BCUT2D eigenvalue weighted by molar-refractivity contribution is 5.23. The Kier molecular flexibility index (Phi) is 6.89. The molecule has 1 N–H and O–H groups in total. The number of hydrogen-bond donors (Lipinski definition) is 1. The quantitative estimate of drug-likeness (QED) is 0.743. The summed E-state index contributed by atoms with van der Waals surface area (Å²) in [7, 11) is 0. The van der Waals surface area contributed by atoms with E-state index in [0.29, 0.717) is 25.2 Å². The van der Waals surface area contributed by atoms with E-state index in [0.717, 1.165) is 32.2 Å². The number of halogens is 2. The van der Waals surface area contributed by atoms with Crippen molar-refractivity contribution < 1.29 is 8.78 Å². The third-order valence-corrected chi connectivity index (χ3v) is 4.13. The minimum Gasteiger partial charge on any atom is -0.314 e. The Balaban J connectivity index is 2.29. The third kappa shape index (κ3) is 4.96. The van der Waals surface area contributed by atoms with Gasteiger partial charge in [-0.25, -0.2) is 8.78 Å². The Morgan fingerprint density at radius 3 is 2.43 bits per heavy atom. The van der Waals surface area contributed by atoms with Gasteiger partial charge in [-0.2, -0.15) is 0 Å². The van der Waals surface area contributed by atoms with Crippen molar-refractivity contribution >= 4 is 0 Å². The van der Waals surface area contributed by atoms with E-state index in [2.05, 4.69) is 28.3 Å². The smallest absolute Gasteiger partial charge is 0.128 e. The van der Waals surface area contributed by atoms with Gasteiger partial charge in [0.25, 0.3) is 0 Å². The molecular formula is C18H25F2N3. The molecule has 1 heterocycles. The van der Waals surface area contributed by atoms with Crippen LogP contribution in [0.2, 0.25) is 0 Å². The third-order valence-electron chi connectivity index (χ3n) is 4.13. The molecule has 1 saturated heterocycles. The number of nitrogens with zero attached hydrogens (tertiary/aromatic N) is 2. The van der Waals surface area contributed by atoms with Crippen LogP contribution in [-0.2, 0) is 0 Å². The zero-order valence-electron chi connectivity index (χ0n) is 13.5. The van der Waals surface area contributed by atoms with Crippen molar-refractivity contribution in [2.24, 2.45) is 0 Å². The van der Waals surface area contributed by atoms with Crippen LogP contribution in [0.25, 0.3) is 0 Å². The van der Waals surface area contributed by atoms with Gasteiger partial charge in [-0.15, -0.1) is 13.2 Å². The molecule has 0 bridgehead atoms. The van der Waals surface area contributed by atoms with Crippen LogP contribution < -0.4 is 5.32 Å². The maximum atomic E-state index is 14.3. The zero-order valence-corrected chi connectivity index (χ0v) is 13.5. The predicted molar refractivity (Wildman–Crippen MR) is 90.4 cm³/mol. The molecule has 1 unspecified atom stereocenters. The van der Waals surface area contributed by atoms with E-state index in [1.165, 1.54) is 12.1 Å². The highest BCUT2D eigenvalue weighted by Crippen LogP contribution is 2.26. The largest absolute Gasteiger partial charge is 0.314 e. The van der Waals surface area contributed by atoms with E-state index in [-0.39, 0.29) is 11.9 Å². The topological polar surface area (TPSA) is 18.5 Å². The Morgan fingerprint density at radius 2 is 1.83 bits per heavy atom. The van der Waals surface area contributed by atoms with Crippen LogP contribution in [0.4, 0.5) is 8.78 Å². The molecule has 5 heteroatoms. The Morgan fingerprint density at radius 1 is 1.17 bits per heavy atom. The fourth-order valence-electron chi connectivity index (χ4n) is 2.98. The average molecular weight is 321 g/mol. The van der Waals surface area contributed by atoms with Crippen LogP contribution in [0.5, 0.6) is 0 Å². The average Bonchev–Trinajstić information content (AvgIpc) is 2.56. The second kappa shape index (κ2) is 8.91. The number of benzene rings is 1. The number of piperazine rings is 1. The van der Waals surface area contributed by atoms with E-state index >= 15 is 0 Å². The van der Waals surface area contributed by atoms with Crippen LogP contribution in [0, 0.1) is 11.6 Å². The van der Waals surface area contributed by atoms with Gasteiger partial charge in [-0.1, -0.05) is 12.2 Å². The maximum Gasteiger partial charge on any atom is 0.128 e. The molecule has 1 aromatic carbocycles. The first-order valence-electron chi connectivity index (χ1n) is 7.99. The van der Waals surface area contributed by atoms with Crippen molar-refractivity contribution in [2.75, 3.05) is 45.8 Å². The van der Waals surface area contributed by atoms with E-state index in [9.17, 15) is 8.78 Å². The van der Waals surface area contributed by atoms with Crippen LogP contribution in [0.3, 0.4) is 0 Å². The summed E-state index contributed by atoms with van der Waals surface area (Å²) in [6.45, 7) is 13.1. The van der Waals surface area contributed by atoms with Gasteiger partial charge in [0.2, 0.25) is 0 Å². The van der Waals surface area contributed by atoms with Crippen molar-refractivity contribution in [2.45, 2.75) is 6.04 Å². The molecule has 3 nitrogen and oxygen atoms in total. The first kappa shape index (κ1) is 17.8. The van der Waals surface area contributed by atoms with Crippen molar-refractivity contribution in [3.05, 3.63) is 60.7 Å². The summed E-state index contributed by atoms with van der Waals surface area (Å²) in [5, 5.41) is 3.31. The Labute approximate surface area is 137 Å². The molecule has 1 atom stereocenters. The summed E-state index contributed by atoms with van der Waals surface area (Å²) >= 11 is 0. The zero-order chi connectivity index (χ0) is 16.7. The van der Waals surface area contributed by atoms with Crippen LogP contribution in [0.15, 0.2) is 43.5 Å². The number of hydrogen-bond acceptors (Lipinski definition) is 3. The van der Waals surface area contributed by atoms with Crippen molar-refractivity contribution in [3.8, 4) is 0 Å². The SMILES string of the molecule is C=CCN(CC=C)C(CN1CCNCC1)c1cc(F)ccc1F. The minimum absolute atomic E-state index is 0.236. The van der Waals surface area contributed by atoms with Gasteiger partial charge in [0.1, 0.15) is 11.6 Å². The van der Waals surface area contributed by atoms with Gasteiger partial charge in [0.15, 0.2) is 0 Å². The molecule has 1 aromatic rings. The van der Waals surface area contributed by atoms with Gasteiger partial charge in [-0.05, 0) is 18.2 Å². The fraction of sp³-hybridized carbons (Fsp3) is 0.444. The van der Waals surface area contributed by atoms with Crippen LogP contribution in [-0.4, -0.2) is 55.6 Å². The lowest BCUT2D eigenvalue weighted by Crippen LogP contribution is -2.47. The lowest BCUT2D eigenvalue weighted by Gasteiger charge is -2.36. The lowest BCUT2D eigenvalue weighted by molar-refractivity contribution is 0.146. The molecule has 126 valence electrons. The van der Waals surface area contributed by atoms with E-state index < -0.39 is 5.82 Å². The predicted octanol–water partition coefficient (Wildman–Crippen LogP) is 2.59. The van der Waals surface area contributed by atoms with Gasteiger partial charge >= 0.3 is 0 Å². The summed E-state index contributed by atoms with van der Waals surface area (Å²) in [4.78, 5) is 4.35. The molecule has 0 radical (unpaired) electrons. The van der Waals surface area contributed by atoms with E-state index in [4.69, 9.17) is 0 Å². The molecule has 0 amide bonds. The summed E-state index contributed by atoms with van der Waals surface area (Å²) in [6.07, 6.45) is 3.57.